The summed E-state index contributed by atoms with van der Waals surface area (Å²) in [5.41, 5.74) is 2.40. The Labute approximate surface area is 136 Å². The highest BCUT2D eigenvalue weighted by molar-refractivity contribution is 5.81. The predicted molar refractivity (Wildman–Crippen MR) is 87.6 cm³/mol. The minimum Gasteiger partial charge on any atom is -0.342 e. The molecule has 0 unspecified atom stereocenters. The summed E-state index contributed by atoms with van der Waals surface area (Å²) in [5.74, 6) is 0.421. The maximum atomic E-state index is 12.6. The Kier molecular flexibility index (Phi) is 4.15. The molecule has 1 saturated heterocycles. The SMILES string of the molecule is CC(C)(C)C(=O)N1CCC[C@H](c2nccnc2-c2cn[nH]c2)C1. The summed E-state index contributed by atoms with van der Waals surface area (Å²) in [7, 11) is 0. The molecule has 1 amide bonds. The van der Waals surface area contributed by atoms with Gasteiger partial charge in [-0.05, 0) is 12.8 Å². The molecule has 0 spiro atoms. The first-order valence-corrected chi connectivity index (χ1v) is 8.06. The first-order chi connectivity index (χ1) is 11.0. The van der Waals surface area contributed by atoms with E-state index in [0.717, 1.165) is 36.3 Å². The number of hydrogen-bond donors (Lipinski definition) is 1. The van der Waals surface area contributed by atoms with Crippen molar-refractivity contribution in [3.8, 4) is 11.3 Å². The van der Waals surface area contributed by atoms with Crippen LogP contribution >= 0.6 is 0 Å². The highest BCUT2D eigenvalue weighted by Crippen LogP contribution is 2.32. The summed E-state index contributed by atoms with van der Waals surface area (Å²) < 4.78 is 0. The van der Waals surface area contributed by atoms with Crippen LogP contribution in [0.4, 0.5) is 0 Å². The number of likely N-dealkylation sites (tertiary alicyclic amines) is 1. The summed E-state index contributed by atoms with van der Waals surface area (Å²) in [6.07, 6.45) is 9.03. The molecule has 1 aliphatic rings. The summed E-state index contributed by atoms with van der Waals surface area (Å²) in [6, 6.07) is 0. The van der Waals surface area contributed by atoms with E-state index < -0.39 is 0 Å². The van der Waals surface area contributed by atoms with E-state index in [4.69, 9.17) is 0 Å². The molecule has 0 radical (unpaired) electrons. The molecule has 23 heavy (non-hydrogen) atoms. The van der Waals surface area contributed by atoms with Gasteiger partial charge in [0.2, 0.25) is 5.91 Å². The van der Waals surface area contributed by atoms with E-state index in [0.29, 0.717) is 6.54 Å². The van der Waals surface area contributed by atoms with Gasteiger partial charge in [0.05, 0.1) is 17.6 Å². The first-order valence-electron chi connectivity index (χ1n) is 8.06. The molecule has 3 rings (SSSR count). The van der Waals surface area contributed by atoms with Crippen molar-refractivity contribution in [3.63, 3.8) is 0 Å². The minimum absolute atomic E-state index is 0.205. The number of piperidine rings is 1. The Balaban J connectivity index is 1.87. The molecule has 0 saturated carbocycles. The molecule has 2 aromatic rings. The van der Waals surface area contributed by atoms with Crippen LogP contribution in [0.5, 0.6) is 0 Å². The molecule has 0 bridgehead atoms. The Morgan fingerprint density at radius 2 is 2.09 bits per heavy atom. The lowest BCUT2D eigenvalue weighted by Gasteiger charge is -2.36. The molecular weight excluding hydrogens is 290 g/mol. The van der Waals surface area contributed by atoms with Gasteiger partial charge in [-0.15, -0.1) is 0 Å². The van der Waals surface area contributed by atoms with Crippen molar-refractivity contribution < 1.29 is 4.79 Å². The van der Waals surface area contributed by atoms with Crippen LogP contribution in [-0.4, -0.2) is 44.1 Å². The van der Waals surface area contributed by atoms with E-state index in [9.17, 15) is 4.79 Å². The van der Waals surface area contributed by atoms with Gasteiger partial charge < -0.3 is 4.90 Å². The monoisotopic (exact) mass is 313 g/mol. The van der Waals surface area contributed by atoms with Crippen LogP contribution in [0.1, 0.15) is 45.2 Å². The molecule has 6 heteroatoms. The fraction of sp³-hybridized carbons (Fsp3) is 0.529. The smallest absolute Gasteiger partial charge is 0.227 e. The largest absolute Gasteiger partial charge is 0.342 e. The van der Waals surface area contributed by atoms with Crippen molar-refractivity contribution in [2.24, 2.45) is 5.41 Å². The number of amides is 1. The number of hydrogen-bond acceptors (Lipinski definition) is 4. The van der Waals surface area contributed by atoms with Gasteiger partial charge >= 0.3 is 0 Å². The number of aromatic nitrogens is 4. The average Bonchev–Trinajstić information content (AvgIpc) is 3.08. The third-order valence-electron chi connectivity index (χ3n) is 4.24. The fourth-order valence-electron chi connectivity index (χ4n) is 3.11. The molecule has 1 fully saturated rings. The van der Waals surface area contributed by atoms with Crippen LogP contribution in [0.2, 0.25) is 0 Å². The lowest BCUT2D eigenvalue weighted by Crippen LogP contribution is -2.44. The zero-order chi connectivity index (χ0) is 16.4. The van der Waals surface area contributed by atoms with Crippen LogP contribution in [0.15, 0.2) is 24.8 Å². The third-order valence-corrected chi connectivity index (χ3v) is 4.24. The molecule has 0 aromatic carbocycles. The fourth-order valence-corrected chi connectivity index (χ4v) is 3.11. The van der Waals surface area contributed by atoms with E-state index in [2.05, 4.69) is 20.2 Å². The standard InChI is InChI=1S/C17H23N5O/c1-17(2,3)16(23)22-8-4-5-12(11-22)14-15(19-7-6-18-14)13-9-20-21-10-13/h6-7,9-10,12H,4-5,8,11H2,1-3H3,(H,20,21)/t12-/m0/s1. The molecular formula is C17H23N5O. The van der Waals surface area contributed by atoms with Gasteiger partial charge in [-0.3, -0.25) is 19.9 Å². The van der Waals surface area contributed by atoms with Crippen LogP contribution < -0.4 is 0 Å². The summed E-state index contributed by atoms with van der Waals surface area (Å²) >= 11 is 0. The lowest BCUT2D eigenvalue weighted by atomic mass is 9.88. The van der Waals surface area contributed by atoms with Crippen LogP contribution in [-0.2, 0) is 4.79 Å². The van der Waals surface area contributed by atoms with Gasteiger partial charge in [0.15, 0.2) is 0 Å². The second kappa shape index (κ2) is 6.10. The van der Waals surface area contributed by atoms with Gasteiger partial charge in [0, 0.05) is 48.6 Å². The second-order valence-corrected chi connectivity index (χ2v) is 7.12. The minimum atomic E-state index is -0.350. The lowest BCUT2D eigenvalue weighted by molar-refractivity contribution is -0.140. The highest BCUT2D eigenvalue weighted by atomic mass is 16.2. The maximum absolute atomic E-state index is 12.6. The number of H-pyrrole nitrogens is 1. The second-order valence-electron chi connectivity index (χ2n) is 7.12. The number of nitrogens with one attached hydrogen (secondary N) is 1. The van der Waals surface area contributed by atoms with Crippen molar-refractivity contribution in [2.75, 3.05) is 13.1 Å². The average molecular weight is 313 g/mol. The molecule has 1 N–H and O–H groups in total. The number of rotatable bonds is 2. The van der Waals surface area contributed by atoms with Gasteiger partial charge in [0.25, 0.3) is 0 Å². The quantitative estimate of drug-likeness (QED) is 0.925. The maximum Gasteiger partial charge on any atom is 0.227 e. The van der Waals surface area contributed by atoms with E-state index in [1.54, 1.807) is 18.6 Å². The number of carbonyl (C=O) groups is 1. The number of nitrogens with zero attached hydrogens (tertiary/aromatic N) is 4. The van der Waals surface area contributed by atoms with Crippen LogP contribution in [0.3, 0.4) is 0 Å². The Bertz CT molecular complexity index is 675. The van der Waals surface area contributed by atoms with Crippen LogP contribution in [0.25, 0.3) is 11.3 Å². The molecule has 2 aromatic heterocycles. The van der Waals surface area contributed by atoms with Crippen LogP contribution in [0, 0.1) is 5.41 Å². The molecule has 3 heterocycles. The van der Waals surface area contributed by atoms with E-state index in [-0.39, 0.29) is 17.2 Å². The van der Waals surface area contributed by atoms with Gasteiger partial charge in [0.1, 0.15) is 0 Å². The van der Waals surface area contributed by atoms with E-state index in [1.807, 2.05) is 31.9 Å². The number of aromatic amines is 1. The predicted octanol–water partition coefficient (Wildman–Crippen LogP) is 2.62. The molecule has 0 aliphatic carbocycles. The molecule has 6 nitrogen and oxygen atoms in total. The van der Waals surface area contributed by atoms with Crippen molar-refractivity contribution >= 4 is 5.91 Å². The van der Waals surface area contributed by atoms with E-state index in [1.165, 1.54) is 0 Å². The van der Waals surface area contributed by atoms with Crippen molar-refractivity contribution in [2.45, 2.75) is 39.5 Å². The topological polar surface area (TPSA) is 74.8 Å². The Morgan fingerprint density at radius 3 is 2.78 bits per heavy atom. The molecule has 1 atom stereocenters. The molecule has 122 valence electrons. The van der Waals surface area contributed by atoms with Crippen molar-refractivity contribution in [3.05, 3.63) is 30.5 Å². The first kappa shape index (κ1) is 15.6. The number of carbonyl (C=O) groups excluding carboxylic acids is 1. The third kappa shape index (κ3) is 3.25. The van der Waals surface area contributed by atoms with E-state index >= 15 is 0 Å². The van der Waals surface area contributed by atoms with Gasteiger partial charge in [-0.1, -0.05) is 20.8 Å². The normalized spacial score (nSPS) is 18.9. The zero-order valence-electron chi connectivity index (χ0n) is 13.9. The molecule has 1 aliphatic heterocycles. The zero-order valence-corrected chi connectivity index (χ0v) is 13.9. The summed E-state index contributed by atoms with van der Waals surface area (Å²) in [4.78, 5) is 23.6. The Morgan fingerprint density at radius 1 is 1.30 bits per heavy atom. The van der Waals surface area contributed by atoms with Gasteiger partial charge in [-0.2, -0.15) is 5.10 Å². The van der Waals surface area contributed by atoms with Crippen molar-refractivity contribution in [1.82, 2.24) is 25.1 Å². The highest BCUT2D eigenvalue weighted by Gasteiger charge is 2.32. The van der Waals surface area contributed by atoms with Crippen molar-refractivity contribution in [1.29, 1.82) is 0 Å². The summed E-state index contributed by atoms with van der Waals surface area (Å²) in [5, 5.41) is 6.83. The van der Waals surface area contributed by atoms with Gasteiger partial charge in [-0.25, -0.2) is 0 Å². The summed E-state index contributed by atoms with van der Waals surface area (Å²) in [6.45, 7) is 7.45. The Hall–Kier alpha value is -2.24.